The Morgan fingerprint density at radius 1 is 1.36 bits per heavy atom. The largest absolute Gasteiger partial charge is 0.480 e. The van der Waals surface area contributed by atoms with E-state index in [-0.39, 0.29) is 0 Å². The summed E-state index contributed by atoms with van der Waals surface area (Å²) in [4.78, 5) is 39.4. The molecule has 2 N–H and O–H groups in total. The zero-order valence-corrected chi connectivity index (χ0v) is 7.77. The number of hydrogen-bond donors (Lipinski definition) is 2. The third kappa shape index (κ3) is 5.09. The molecule has 7 heteroatoms. The minimum absolute atomic E-state index is 0.418. The average Bonchev–Trinajstić information content (AvgIpc) is 2.10. The standard InChI is InChI=1S/C7H11NO6/c1-4(9)13-14-6(10)3-5(8-2)7(11)12/h5,8H,3H2,1-2H3,(H,11,12)/t5-/m1/s1. The lowest BCUT2D eigenvalue weighted by Crippen LogP contribution is -2.36. The Balaban J connectivity index is 3.91. The molecule has 0 radical (unpaired) electrons. The van der Waals surface area contributed by atoms with E-state index in [9.17, 15) is 14.4 Å². The predicted octanol–water partition coefficient (Wildman–Crippen LogP) is -0.930. The summed E-state index contributed by atoms with van der Waals surface area (Å²) in [6.45, 7) is 1.06. The molecule has 0 amide bonds. The summed E-state index contributed by atoms with van der Waals surface area (Å²) in [7, 11) is 1.39. The van der Waals surface area contributed by atoms with E-state index in [1.54, 1.807) is 0 Å². The monoisotopic (exact) mass is 205 g/mol. The number of carbonyl (C=O) groups is 3. The minimum Gasteiger partial charge on any atom is -0.480 e. The molecule has 0 aromatic carbocycles. The molecule has 0 aliphatic heterocycles. The van der Waals surface area contributed by atoms with Gasteiger partial charge in [-0.3, -0.25) is 4.79 Å². The SMILES string of the molecule is CN[C@H](CC(=O)OOC(C)=O)C(=O)O. The van der Waals surface area contributed by atoms with E-state index < -0.39 is 30.4 Å². The Kier molecular flexibility index (Phi) is 5.23. The molecule has 14 heavy (non-hydrogen) atoms. The van der Waals surface area contributed by atoms with Crippen LogP contribution in [0.1, 0.15) is 13.3 Å². The van der Waals surface area contributed by atoms with Crippen molar-refractivity contribution in [2.45, 2.75) is 19.4 Å². The summed E-state index contributed by atoms with van der Waals surface area (Å²) < 4.78 is 0. The van der Waals surface area contributed by atoms with Crippen LogP contribution in [-0.4, -0.2) is 36.1 Å². The topological polar surface area (TPSA) is 102 Å². The smallest absolute Gasteiger partial charge is 0.357 e. The second kappa shape index (κ2) is 5.92. The van der Waals surface area contributed by atoms with E-state index in [1.165, 1.54) is 7.05 Å². The van der Waals surface area contributed by atoms with Gasteiger partial charge in [0.15, 0.2) is 0 Å². The molecular formula is C7H11NO6. The van der Waals surface area contributed by atoms with Gasteiger partial charge in [-0.2, -0.15) is 0 Å². The molecule has 0 unspecified atom stereocenters. The molecule has 0 aromatic heterocycles. The number of likely N-dealkylation sites (N-methyl/N-ethyl adjacent to an activating group) is 1. The van der Waals surface area contributed by atoms with Gasteiger partial charge in [-0.25, -0.2) is 19.4 Å². The first-order valence-electron chi connectivity index (χ1n) is 3.75. The lowest BCUT2D eigenvalue weighted by molar-refractivity contribution is -0.257. The summed E-state index contributed by atoms with van der Waals surface area (Å²) >= 11 is 0. The molecule has 80 valence electrons. The van der Waals surface area contributed by atoms with Crippen molar-refractivity contribution in [3.8, 4) is 0 Å². The Morgan fingerprint density at radius 3 is 2.29 bits per heavy atom. The first kappa shape index (κ1) is 12.4. The lowest BCUT2D eigenvalue weighted by Gasteiger charge is -2.08. The molecule has 0 spiro atoms. The van der Waals surface area contributed by atoms with Gasteiger partial charge in [0.05, 0.1) is 6.42 Å². The van der Waals surface area contributed by atoms with Gasteiger partial charge >= 0.3 is 17.9 Å². The number of carboxylic acids is 1. The second-order valence-electron chi connectivity index (χ2n) is 2.41. The van der Waals surface area contributed by atoms with Gasteiger partial charge in [-0.15, -0.1) is 0 Å². The van der Waals surface area contributed by atoms with Gasteiger partial charge in [0, 0.05) is 6.92 Å². The fourth-order valence-corrected chi connectivity index (χ4v) is 0.619. The van der Waals surface area contributed by atoms with Crippen molar-refractivity contribution in [3.63, 3.8) is 0 Å². The van der Waals surface area contributed by atoms with Crippen LogP contribution in [-0.2, 0) is 24.2 Å². The maximum atomic E-state index is 10.8. The quantitative estimate of drug-likeness (QED) is 0.451. The van der Waals surface area contributed by atoms with Gasteiger partial charge in [-0.1, -0.05) is 0 Å². The van der Waals surface area contributed by atoms with E-state index in [2.05, 4.69) is 15.1 Å². The third-order valence-electron chi connectivity index (χ3n) is 1.27. The van der Waals surface area contributed by atoms with Crippen molar-refractivity contribution in [2.75, 3.05) is 7.05 Å². The molecular weight excluding hydrogens is 194 g/mol. The van der Waals surface area contributed by atoms with Crippen molar-refractivity contribution in [1.29, 1.82) is 0 Å². The van der Waals surface area contributed by atoms with Crippen molar-refractivity contribution < 1.29 is 29.3 Å². The first-order valence-corrected chi connectivity index (χ1v) is 3.75. The molecule has 0 aliphatic carbocycles. The van der Waals surface area contributed by atoms with Crippen molar-refractivity contribution >= 4 is 17.9 Å². The zero-order valence-electron chi connectivity index (χ0n) is 7.77. The van der Waals surface area contributed by atoms with Crippen LogP contribution in [0.3, 0.4) is 0 Å². The normalized spacial score (nSPS) is 11.6. The van der Waals surface area contributed by atoms with E-state index in [0.717, 1.165) is 6.92 Å². The van der Waals surface area contributed by atoms with Gasteiger partial charge < -0.3 is 10.4 Å². The van der Waals surface area contributed by atoms with Crippen molar-refractivity contribution in [2.24, 2.45) is 0 Å². The molecule has 0 saturated carbocycles. The predicted molar refractivity (Wildman–Crippen MR) is 43.0 cm³/mol. The minimum atomic E-state index is -1.19. The first-order chi connectivity index (χ1) is 6.47. The second-order valence-corrected chi connectivity index (χ2v) is 2.41. The van der Waals surface area contributed by atoms with Crippen LogP contribution in [0.25, 0.3) is 0 Å². The highest BCUT2D eigenvalue weighted by molar-refractivity contribution is 5.81. The highest BCUT2D eigenvalue weighted by atomic mass is 17.2. The number of carboxylic acid groups (broad SMARTS) is 1. The summed E-state index contributed by atoms with van der Waals surface area (Å²) in [6.07, 6.45) is -0.418. The molecule has 0 fully saturated rings. The van der Waals surface area contributed by atoms with Crippen LogP contribution in [0.2, 0.25) is 0 Å². The van der Waals surface area contributed by atoms with E-state index >= 15 is 0 Å². The lowest BCUT2D eigenvalue weighted by atomic mass is 10.2. The third-order valence-corrected chi connectivity index (χ3v) is 1.27. The van der Waals surface area contributed by atoms with Crippen LogP contribution in [0.4, 0.5) is 0 Å². The van der Waals surface area contributed by atoms with Gasteiger partial charge in [0.2, 0.25) is 0 Å². The average molecular weight is 205 g/mol. The molecule has 0 rings (SSSR count). The van der Waals surface area contributed by atoms with E-state index in [1.807, 2.05) is 0 Å². The molecule has 0 bridgehead atoms. The van der Waals surface area contributed by atoms with Crippen LogP contribution in [0.5, 0.6) is 0 Å². The van der Waals surface area contributed by atoms with Crippen LogP contribution in [0, 0.1) is 0 Å². The summed E-state index contributed by atoms with van der Waals surface area (Å²) in [5.41, 5.74) is 0. The number of rotatable bonds is 4. The maximum Gasteiger partial charge on any atom is 0.357 e. The summed E-state index contributed by atoms with van der Waals surface area (Å²) in [5.74, 6) is -2.90. The number of carbonyl (C=O) groups excluding carboxylic acids is 2. The van der Waals surface area contributed by atoms with Crippen LogP contribution >= 0.6 is 0 Å². The molecule has 0 aromatic rings. The van der Waals surface area contributed by atoms with E-state index in [4.69, 9.17) is 5.11 Å². The van der Waals surface area contributed by atoms with Crippen LogP contribution < -0.4 is 5.32 Å². The molecule has 0 aliphatic rings. The van der Waals surface area contributed by atoms with Crippen molar-refractivity contribution in [1.82, 2.24) is 5.32 Å². The van der Waals surface area contributed by atoms with Gasteiger partial charge in [0.1, 0.15) is 6.04 Å². The number of aliphatic carboxylic acids is 1. The summed E-state index contributed by atoms with van der Waals surface area (Å²) in [5, 5.41) is 10.9. The molecule has 7 nitrogen and oxygen atoms in total. The van der Waals surface area contributed by atoms with Gasteiger partial charge in [-0.05, 0) is 7.05 Å². The number of hydrogen-bond acceptors (Lipinski definition) is 6. The van der Waals surface area contributed by atoms with E-state index in [0.29, 0.717) is 0 Å². The van der Waals surface area contributed by atoms with Crippen molar-refractivity contribution in [3.05, 3.63) is 0 Å². The fraction of sp³-hybridized carbons (Fsp3) is 0.571. The molecule has 0 saturated heterocycles. The Bertz CT molecular complexity index is 238. The highest BCUT2D eigenvalue weighted by Crippen LogP contribution is 1.95. The molecule has 1 atom stereocenters. The summed E-state index contributed by atoms with van der Waals surface area (Å²) in [6, 6.07) is -1.06. The Labute approximate surface area is 79.9 Å². The maximum absolute atomic E-state index is 10.8. The van der Waals surface area contributed by atoms with Crippen LogP contribution in [0.15, 0.2) is 0 Å². The van der Waals surface area contributed by atoms with Gasteiger partial charge in [0.25, 0.3) is 0 Å². The Morgan fingerprint density at radius 2 is 1.93 bits per heavy atom. The fourth-order valence-electron chi connectivity index (χ4n) is 0.619. The zero-order chi connectivity index (χ0) is 11.1. The Hall–Kier alpha value is -1.63. The highest BCUT2D eigenvalue weighted by Gasteiger charge is 2.21. The molecule has 0 heterocycles. The number of nitrogens with one attached hydrogen (secondary N) is 1.